The maximum Gasteiger partial charge on any atom is 0.416 e. The quantitative estimate of drug-likeness (QED) is 0.854. The Morgan fingerprint density at radius 2 is 1.71 bits per heavy atom. The van der Waals surface area contributed by atoms with E-state index in [0.29, 0.717) is 11.5 Å². The van der Waals surface area contributed by atoms with E-state index < -0.39 is 11.7 Å². The molecule has 0 saturated carbocycles. The van der Waals surface area contributed by atoms with E-state index in [1.807, 2.05) is 6.92 Å². The summed E-state index contributed by atoms with van der Waals surface area (Å²) in [7, 11) is 1.46. The maximum absolute atomic E-state index is 12.7. The van der Waals surface area contributed by atoms with Gasteiger partial charge in [0, 0.05) is 11.8 Å². The minimum atomic E-state index is -4.48. The zero-order valence-corrected chi connectivity index (χ0v) is 11.5. The maximum atomic E-state index is 12.7. The van der Waals surface area contributed by atoms with Crippen molar-refractivity contribution >= 4 is 5.69 Å². The van der Waals surface area contributed by atoms with Gasteiger partial charge in [0.25, 0.3) is 0 Å². The van der Waals surface area contributed by atoms with E-state index in [1.54, 1.807) is 18.2 Å². The van der Waals surface area contributed by atoms with Crippen LogP contribution < -0.4 is 15.2 Å². The highest BCUT2D eigenvalue weighted by atomic mass is 19.4. The van der Waals surface area contributed by atoms with Crippen molar-refractivity contribution in [1.82, 2.24) is 0 Å². The molecule has 0 aromatic heterocycles. The third-order valence-corrected chi connectivity index (χ3v) is 2.80. The third kappa shape index (κ3) is 3.59. The van der Waals surface area contributed by atoms with Gasteiger partial charge in [-0.3, -0.25) is 0 Å². The fraction of sp³-hybridized carbons (Fsp3) is 0.200. The van der Waals surface area contributed by atoms with Gasteiger partial charge in [0.15, 0.2) is 11.5 Å². The number of hydrogen-bond donors (Lipinski definition) is 1. The molecular formula is C15H14F3NO2. The molecule has 6 heteroatoms. The summed E-state index contributed by atoms with van der Waals surface area (Å²) in [5, 5.41) is 0. The number of hydrogen-bond acceptors (Lipinski definition) is 3. The molecule has 0 heterocycles. The largest absolute Gasteiger partial charge is 0.493 e. The normalized spacial score (nSPS) is 11.3. The van der Waals surface area contributed by atoms with Crippen molar-refractivity contribution in [1.29, 1.82) is 0 Å². The zero-order chi connectivity index (χ0) is 15.6. The summed E-state index contributed by atoms with van der Waals surface area (Å²) in [5.74, 6) is 0.761. The predicted molar refractivity (Wildman–Crippen MR) is 73.7 cm³/mol. The Kier molecular flexibility index (Phi) is 3.97. The lowest BCUT2D eigenvalue weighted by Crippen LogP contribution is -2.06. The Bertz CT molecular complexity index is 654. The SMILES string of the molecule is COc1cc(C)ccc1Oc1cc(N)cc(C(F)(F)F)c1. The summed E-state index contributed by atoms with van der Waals surface area (Å²) in [6, 6.07) is 8.22. The van der Waals surface area contributed by atoms with Gasteiger partial charge in [-0.2, -0.15) is 13.2 Å². The zero-order valence-electron chi connectivity index (χ0n) is 11.5. The number of anilines is 1. The van der Waals surface area contributed by atoms with Crippen LogP contribution in [0.15, 0.2) is 36.4 Å². The highest BCUT2D eigenvalue weighted by molar-refractivity contribution is 5.51. The van der Waals surface area contributed by atoms with Crippen molar-refractivity contribution in [3.63, 3.8) is 0 Å². The minimum Gasteiger partial charge on any atom is -0.493 e. The van der Waals surface area contributed by atoms with Crippen LogP contribution in [0.3, 0.4) is 0 Å². The molecule has 112 valence electrons. The fourth-order valence-corrected chi connectivity index (χ4v) is 1.83. The molecule has 0 aliphatic heterocycles. The Balaban J connectivity index is 2.38. The first kappa shape index (κ1) is 15.0. The van der Waals surface area contributed by atoms with Crippen molar-refractivity contribution in [3.05, 3.63) is 47.5 Å². The van der Waals surface area contributed by atoms with E-state index in [4.69, 9.17) is 15.2 Å². The molecule has 0 spiro atoms. The molecule has 0 atom stereocenters. The number of halogens is 3. The highest BCUT2D eigenvalue weighted by Gasteiger charge is 2.31. The van der Waals surface area contributed by atoms with Crippen LogP contribution in [0, 0.1) is 6.92 Å². The van der Waals surface area contributed by atoms with E-state index in [9.17, 15) is 13.2 Å². The molecule has 21 heavy (non-hydrogen) atoms. The number of aryl methyl sites for hydroxylation is 1. The molecule has 2 rings (SSSR count). The molecule has 3 nitrogen and oxygen atoms in total. The summed E-state index contributed by atoms with van der Waals surface area (Å²) >= 11 is 0. The molecule has 0 aliphatic rings. The van der Waals surface area contributed by atoms with E-state index in [2.05, 4.69) is 0 Å². The molecule has 2 N–H and O–H groups in total. The molecule has 0 bridgehead atoms. The second kappa shape index (κ2) is 5.55. The number of alkyl halides is 3. The van der Waals surface area contributed by atoms with Crippen molar-refractivity contribution < 1.29 is 22.6 Å². The number of benzene rings is 2. The van der Waals surface area contributed by atoms with Crippen molar-refractivity contribution in [2.24, 2.45) is 0 Å². The van der Waals surface area contributed by atoms with Crippen LogP contribution >= 0.6 is 0 Å². The summed E-state index contributed by atoms with van der Waals surface area (Å²) < 4.78 is 48.9. The van der Waals surface area contributed by atoms with Gasteiger partial charge in [-0.25, -0.2) is 0 Å². The number of nitrogen functional groups attached to an aromatic ring is 1. The highest BCUT2D eigenvalue weighted by Crippen LogP contribution is 2.37. The topological polar surface area (TPSA) is 44.5 Å². The first-order valence-electron chi connectivity index (χ1n) is 6.10. The lowest BCUT2D eigenvalue weighted by molar-refractivity contribution is -0.137. The monoisotopic (exact) mass is 297 g/mol. The number of rotatable bonds is 3. The Hall–Kier alpha value is -2.37. The third-order valence-electron chi connectivity index (χ3n) is 2.80. The smallest absolute Gasteiger partial charge is 0.416 e. The molecule has 0 fully saturated rings. The minimum absolute atomic E-state index is 0.00415. The molecule has 2 aromatic rings. The van der Waals surface area contributed by atoms with E-state index >= 15 is 0 Å². The first-order chi connectivity index (χ1) is 9.79. The van der Waals surface area contributed by atoms with Crippen LogP contribution in [0.1, 0.15) is 11.1 Å². The molecule has 2 aromatic carbocycles. The van der Waals surface area contributed by atoms with Crippen LogP contribution in [0.5, 0.6) is 17.2 Å². The van der Waals surface area contributed by atoms with E-state index in [-0.39, 0.29) is 11.4 Å². The fourth-order valence-electron chi connectivity index (χ4n) is 1.83. The van der Waals surface area contributed by atoms with Crippen LogP contribution in [0.4, 0.5) is 18.9 Å². The van der Waals surface area contributed by atoms with Crippen molar-refractivity contribution in [2.45, 2.75) is 13.1 Å². The Morgan fingerprint density at radius 3 is 2.33 bits per heavy atom. The van der Waals surface area contributed by atoms with Gasteiger partial charge in [0.05, 0.1) is 12.7 Å². The predicted octanol–water partition coefficient (Wildman–Crippen LogP) is 4.40. The van der Waals surface area contributed by atoms with Crippen molar-refractivity contribution in [3.8, 4) is 17.2 Å². The summed E-state index contributed by atoms with van der Waals surface area (Å²) in [6.07, 6.45) is -4.48. The lowest BCUT2D eigenvalue weighted by atomic mass is 10.2. The van der Waals surface area contributed by atoms with Crippen LogP contribution in [-0.2, 0) is 6.18 Å². The van der Waals surface area contributed by atoms with Gasteiger partial charge in [0.2, 0.25) is 0 Å². The summed E-state index contributed by atoms with van der Waals surface area (Å²) in [5.41, 5.74) is 5.56. The van der Waals surface area contributed by atoms with E-state index in [1.165, 1.54) is 13.2 Å². The van der Waals surface area contributed by atoms with E-state index in [0.717, 1.165) is 17.7 Å². The van der Waals surface area contributed by atoms with Crippen LogP contribution in [0.2, 0.25) is 0 Å². The Morgan fingerprint density at radius 1 is 1.00 bits per heavy atom. The van der Waals surface area contributed by atoms with Gasteiger partial charge in [0.1, 0.15) is 5.75 Å². The second-order valence-corrected chi connectivity index (χ2v) is 4.54. The van der Waals surface area contributed by atoms with Crippen molar-refractivity contribution in [2.75, 3.05) is 12.8 Å². The molecule has 0 aliphatic carbocycles. The van der Waals surface area contributed by atoms with Crippen LogP contribution in [0.25, 0.3) is 0 Å². The number of methoxy groups -OCH3 is 1. The lowest BCUT2D eigenvalue weighted by Gasteiger charge is -2.13. The average molecular weight is 297 g/mol. The molecule has 0 saturated heterocycles. The average Bonchev–Trinajstić information content (AvgIpc) is 2.39. The second-order valence-electron chi connectivity index (χ2n) is 4.54. The van der Waals surface area contributed by atoms with Gasteiger partial charge in [-0.05, 0) is 36.8 Å². The Labute approximate surface area is 120 Å². The first-order valence-corrected chi connectivity index (χ1v) is 6.10. The molecular weight excluding hydrogens is 283 g/mol. The van der Waals surface area contributed by atoms with Gasteiger partial charge >= 0.3 is 6.18 Å². The number of nitrogens with two attached hydrogens (primary N) is 1. The molecule has 0 unspecified atom stereocenters. The molecule has 0 amide bonds. The number of ether oxygens (including phenoxy) is 2. The van der Waals surface area contributed by atoms with Gasteiger partial charge in [-0.15, -0.1) is 0 Å². The standard InChI is InChI=1S/C15H14F3NO2/c1-9-3-4-13(14(5-9)20-2)21-12-7-10(15(16,17)18)6-11(19)8-12/h3-8H,19H2,1-2H3. The van der Waals surface area contributed by atoms with Gasteiger partial charge < -0.3 is 15.2 Å². The summed E-state index contributed by atoms with van der Waals surface area (Å²) in [6.45, 7) is 1.87. The summed E-state index contributed by atoms with van der Waals surface area (Å²) in [4.78, 5) is 0. The van der Waals surface area contributed by atoms with Crippen LogP contribution in [-0.4, -0.2) is 7.11 Å². The van der Waals surface area contributed by atoms with Gasteiger partial charge in [-0.1, -0.05) is 6.07 Å². The molecule has 0 radical (unpaired) electrons.